The topological polar surface area (TPSA) is 55.1 Å². The van der Waals surface area contributed by atoms with E-state index in [1.165, 1.54) is 0 Å². The maximum atomic E-state index is 11.7. The van der Waals surface area contributed by atoms with Gasteiger partial charge in [-0.3, -0.25) is 4.79 Å². The second-order valence-corrected chi connectivity index (χ2v) is 4.96. The molecule has 4 heteroatoms. The lowest BCUT2D eigenvalue weighted by Crippen LogP contribution is -2.48. The number of amides is 1. The van der Waals surface area contributed by atoms with Gasteiger partial charge in [0, 0.05) is 22.1 Å². The lowest BCUT2D eigenvalue weighted by molar-refractivity contribution is 0.0915. The predicted octanol–water partition coefficient (Wildman–Crippen LogP) is 1.92. The summed E-state index contributed by atoms with van der Waals surface area (Å²) >= 11 is 3.32. The molecule has 82 valence electrons. The molecule has 1 aromatic carbocycles. The molecule has 0 aromatic heterocycles. The van der Waals surface area contributed by atoms with Crippen molar-refractivity contribution in [3.63, 3.8) is 0 Å². The maximum Gasteiger partial charge on any atom is 0.251 e. The summed E-state index contributed by atoms with van der Waals surface area (Å²) in [6.45, 7) is 4.20. The second kappa shape index (κ2) is 4.77. The molecule has 0 unspecified atom stereocenters. The van der Waals surface area contributed by atoms with Gasteiger partial charge in [0.25, 0.3) is 5.91 Å². The van der Waals surface area contributed by atoms with E-state index in [1.54, 1.807) is 12.1 Å². The van der Waals surface area contributed by atoms with Crippen LogP contribution in [0.1, 0.15) is 24.2 Å². The highest BCUT2D eigenvalue weighted by Crippen LogP contribution is 2.11. The van der Waals surface area contributed by atoms with Gasteiger partial charge >= 0.3 is 0 Å². The van der Waals surface area contributed by atoms with Crippen LogP contribution in [-0.2, 0) is 0 Å². The zero-order chi connectivity index (χ0) is 11.5. The Morgan fingerprint density at radius 1 is 1.40 bits per heavy atom. The number of halogens is 1. The molecule has 1 rings (SSSR count). The maximum absolute atomic E-state index is 11.7. The van der Waals surface area contributed by atoms with E-state index in [4.69, 9.17) is 5.73 Å². The highest BCUT2D eigenvalue weighted by Gasteiger charge is 2.18. The molecule has 0 atom stereocenters. The Bertz CT molecular complexity index is 346. The van der Waals surface area contributed by atoms with E-state index in [9.17, 15) is 4.79 Å². The van der Waals surface area contributed by atoms with Crippen LogP contribution < -0.4 is 11.1 Å². The third kappa shape index (κ3) is 3.64. The van der Waals surface area contributed by atoms with Crippen LogP contribution >= 0.6 is 15.9 Å². The van der Waals surface area contributed by atoms with E-state index < -0.39 is 0 Å². The van der Waals surface area contributed by atoms with E-state index in [0.29, 0.717) is 12.1 Å². The molecule has 0 aliphatic rings. The molecule has 0 radical (unpaired) electrons. The summed E-state index contributed by atoms with van der Waals surface area (Å²) in [5.74, 6) is -0.0991. The fourth-order valence-corrected chi connectivity index (χ4v) is 1.30. The number of nitrogens with one attached hydrogen (secondary N) is 1. The van der Waals surface area contributed by atoms with E-state index in [0.717, 1.165) is 4.47 Å². The highest BCUT2D eigenvalue weighted by molar-refractivity contribution is 9.10. The Morgan fingerprint density at radius 3 is 2.40 bits per heavy atom. The minimum Gasteiger partial charge on any atom is -0.346 e. The summed E-state index contributed by atoms with van der Waals surface area (Å²) < 4.78 is 0.956. The Hall–Kier alpha value is -0.870. The van der Waals surface area contributed by atoms with Crippen molar-refractivity contribution in [2.45, 2.75) is 19.4 Å². The molecule has 0 fully saturated rings. The first-order chi connectivity index (χ1) is 6.94. The number of carbonyl (C=O) groups excluding carboxylic acids is 1. The van der Waals surface area contributed by atoms with Crippen molar-refractivity contribution < 1.29 is 4.79 Å². The van der Waals surface area contributed by atoms with Gasteiger partial charge in [0.15, 0.2) is 0 Å². The van der Waals surface area contributed by atoms with Gasteiger partial charge in [-0.25, -0.2) is 0 Å². The third-order valence-corrected chi connectivity index (χ3v) is 2.60. The second-order valence-electron chi connectivity index (χ2n) is 4.05. The first-order valence-corrected chi connectivity index (χ1v) is 5.52. The van der Waals surface area contributed by atoms with Gasteiger partial charge in [-0.2, -0.15) is 0 Å². The summed E-state index contributed by atoms with van der Waals surface area (Å²) in [5.41, 5.74) is 5.80. The van der Waals surface area contributed by atoms with Gasteiger partial charge in [-0.15, -0.1) is 0 Å². The van der Waals surface area contributed by atoms with Gasteiger partial charge in [-0.1, -0.05) is 15.9 Å². The smallest absolute Gasteiger partial charge is 0.251 e. The molecule has 0 bridgehead atoms. The lowest BCUT2D eigenvalue weighted by atomic mass is 10.1. The molecule has 15 heavy (non-hydrogen) atoms. The average molecular weight is 271 g/mol. The Labute approximate surface area is 98.2 Å². The quantitative estimate of drug-likeness (QED) is 0.882. The first kappa shape index (κ1) is 12.2. The largest absolute Gasteiger partial charge is 0.346 e. The number of hydrogen-bond acceptors (Lipinski definition) is 2. The van der Waals surface area contributed by atoms with E-state index >= 15 is 0 Å². The molecule has 0 aliphatic heterocycles. The van der Waals surface area contributed by atoms with Crippen molar-refractivity contribution in [1.29, 1.82) is 0 Å². The fourth-order valence-electron chi connectivity index (χ4n) is 1.03. The van der Waals surface area contributed by atoms with Crippen molar-refractivity contribution in [1.82, 2.24) is 5.32 Å². The molecule has 0 spiro atoms. The fraction of sp³-hybridized carbons (Fsp3) is 0.364. The van der Waals surface area contributed by atoms with E-state index in [1.807, 2.05) is 26.0 Å². The summed E-state index contributed by atoms with van der Waals surface area (Å²) in [7, 11) is 0. The number of nitrogens with two attached hydrogens (primary N) is 1. The molecule has 0 saturated heterocycles. The monoisotopic (exact) mass is 270 g/mol. The standard InChI is InChI=1S/C11H15BrN2O/c1-11(2,7-13)14-10(15)8-3-5-9(12)6-4-8/h3-6H,7,13H2,1-2H3,(H,14,15). The SMILES string of the molecule is CC(C)(CN)NC(=O)c1ccc(Br)cc1. The lowest BCUT2D eigenvalue weighted by Gasteiger charge is -2.24. The molecule has 3 nitrogen and oxygen atoms in total. The summed E-state index contributed by atoms with van der Waals surface area (Å²) in [6, 6.07) is 7.22. The predicted molar refractivity (Wildman–Crippen MR) is 64.7 cm³/mol. The minimum atomic E-state index is -0.371. The summed E-state index contributed by atoms with van der Waals surface area (Å²) in [4.78, 5) is 11.7. The zero-order valence-corrected chi connectivity index (χ0v) is 10.5. The number of rotatable bonds is 3. The normalized spacial score (nSPS) is 11.2. The van der Waals surface area contributed by atoms with Crippen molar-refractivity contribution >= 4 is 21.8 Å². The van der Waals surface area contributed by atoms with E-state index in [-0.39, 0.29) is 11.4 Å². The van der Waals surface area contributed by atoms with Gasteiger partial charge < -0.3 is 11.1 Å². The van der Waals surface area contributed by atoms with Crippen molar-refractivity contribution in [2.75, 3.05) is 6.54 Å². The zero-order valence-electron chi connectivity index (χ0n) is 8.88. The molecular weight excluding hydrogens is 256 g/mol. The van der Waals surface area contributed by atoms with Crippen LogP contribution in [0.25, 0.3) is 0 Å². The minimum absolute atomic E-state index is 0.0991. The van der Waals surface area contributed by atoms with Gasteiger partial charge in [-0.05, 0) is 38.1 Å². The molecule has 3 N–H and O–H groups in total. The van der Waals surface area contributed by atoms with Crippen molar-refractivity contribution in [3.8, 4) is 0 Å². The Balaban J connectivity index is 2.74. The van der Waals surface area contributed by atoms with Gasteiger partial charge in [0.1, 0.15) is 0 Å². The van der Waals surface area contributed by atoms with Crippen LogP contribution in [0, 0.1) is 0 Å². The van der Waals surface area contributed by atoms with Crippen LogP contribution in [0.15, 0.2) is 28.7 Å². The Kier molecular flexibility index (Phi) is 3.88. The molecule has 1 amide bonds. The Morgan fingerprint density at radius 2 is 1.93 bits per heavy atom. The average Bonchev–Trinajstić information content (AvgIpc) is 2.18. The molecule has 0 saturated carbocycles. The number of carbonyl (C=O) groups is 1. The highest BCUT2D eigenvalue weighted by atomic mass is 79.9. The molecular formula is C11H15BrN2O. The third-order valence-electron chi connectivity index (χ3n) is 2.07. The summed E-state index contributed by atoms with van der Waals surface area (Å²) in [6.07, 6.45) is 0. The molecule has 1 aromatic rings. The molecule has 0 heterocycles. The van der Waals surface area contributed by atoms with Crippen LogP contribution in [0.3, 0.4) is 0 Å². The van der Waals surface area contributed by atoms with E-state index in [2.05, 4.69) is 21.2 Å². The molecule has 0 aliphatic carbocycles. The number of hydrogen-bond donors (Lipinski definition) is 2. The van der Waals surface area contributed by atoms with Crippen LogP contribution in [0.5, 0.6) is 0 Å². The van der Waals surface area contributed by atoms with Crippen LogP contribution in [-0.4, -0.2) is 18.0 Å². The van der Waals surface area contributed by atoms with Crippen LogP contribution in [0.2, 0.25) is 0 Å². The van der Waals surface area contributed by atoms with Gasteiger partial charge in [0.05, 0.1) is 0 Å². The van der Waals surface area contributed by atoms with Crippen molar-refractivity contribution in [3.05, 3.63) is 34.3 Å². The summed E-state index contributed by atoms with van der Waals surface area (Å²) in [5, 5.41) is 2.86. The van der Waals surface area contributed by atoms with Gasteiger partial charge in [0.2, 0.25) is 0 Å². The first-order valence-electron chi connectivity index (χ1n) is 4.73. The van der Waals surface area contributed by atoms with Crippen LogP contribution in [0.4, 0.5) is 0 Å². The van der Waals surface area contributed by atoms with Crippen molar-refractivity contribution in [2.24, 2.45) is 5.73 Å². The number of benzene rings is 1.